The molecule has 2 rings (SSSR count). The van der Waals surface area contributed by atoms with Gasteiger partial charge in [0.15, 0.2) is 5.11 Å². The minimum absolute atomic E-state index is 0.450. The topological polar surface area (TPSA) is 59.1 Å². The molecule has 88 valence electrons. The predicted octanol–water partition coefficient (Wildman–Crippen LogP) is 2.36. The van der Waals surface area contributed by atoms with Crippen molar-refractivity contribution in [3.63, 3.8) is 0 Å². The molecule has 17 heavy (non-hydrogen) atoms. The molecule has 0 radical (unpaired) electrons. The Kier molecular flexibility index (Phi) is 3.84. The maximum atomic E-state index is 5.21. The molecule has 0 saturated heterocycles. The Balaban J connectivity index is 2.03. The van der Waals surface area contributed by atoms with E-state index in [2.05, 4.69) is 20.0 Å². The number of rotatable bonds is 3. The molecule has 0 amide bonds. The number of benzene rings is 1. The zero-order valence-electron chi connectivity index (χ0n) is 9.01. The van der Waals surface area contributed by atoms with Gasteiger partial charge in [0.2, 0.25) is 5.13 Å². The molecule has 0 spiro atoms. The third-order valence-corrected chi connectivity index (χ3v) is 2.72. The summed E-state index contributed by atoms with van der Waals surface area (Å²) in [5.74, 6) is 0.730. The maximum absolute atomic E-state index is 5.21. The summed E-state index contributed by atoms with van der Waals surface area (Å²) in [6.45, 7) is 0. The first kappa shape index (κ1) is 11.7. The van der Waals surface area contributed by atoms with Crippen LogP contribution in [0, 0.1) is 0 Å². The van der Waals surface area contributed by atoms with Gasteiger partial charge in [0, 0.05) is 11.5 Å². The van der Waals surface area contributed by atoms with Crippen molar-refractivity contribution in [2.24, 2.45) is 0 Å². The van der Waals surface area contributed by atoms with Gasteiger partial charge in [-0.2, -0.15) is 4.37 Å². The molecular formula is C10H10N4OS2. The Morgan fingerprint density at radius 3 is 2.88 bits per heavy atom. The molecule has 0 aliphatic heterocycles. The lowest BCUT2D eigenvalue weighted by atomic mass is 10.3. The van der Waals surface area contributed by atoms with Crippen molar-refractivity contribution in [3.05, 3.63) is 30.6 Å². The maximum Gasteiger partial charge on any atom is 0.208 e. The SMILES string of the molecule is COc1ccccc1NC(=S)Nc1ncns1. The highest BCUT2D eigenvalue weighted by molar-refractivity contribution is 7.80. The molecule has 5 nitrogen and oxygen atoms in total. The van der Waals surface area contributed by atoms with E-state index in [9.17, 15) is 0 Å². The fourth-order valence-corrected chi connectivity index (χ4v) is 1.93. The number of nitrogens with one attached hydrogen (secondary N) is 2. The molecule has 0 atom stereocenters. The van der Waals surface area contributed by atoms with Gasteiger partial charge in [-0.15, -0.1) is 0 Å². The summed E-state index contributed by atoms with van der Waals surface area (Å²) in [4.78, 5) is 3.98. The van der Waals surface area contributed by atoms with Crippen molar-refractivity contribution in [2.75, 3.05) is 17.7 Å². The number of hydrogen-bond donors (Lipinski definition) is 2. The van der Waals surface area contributed by atoms with Crippen LogP contribution in [-0.4, -0.2) is 21.6 Å². The van der Waals surface area contributed by atoms with E-state index < -0.39 is 0 Å². The van der Waals surface area contributed by atoms with E-state index in [1.165, 1.54) is 17.9 Å². The van der Waals surface area contributed by atoms with Crippen LogP contribution in [0.2, 0.25) is 0 Å². The average molecular weight is 266 g/mol. The molecule has 7 heteroatoms. The highest BCUT2D eigenvalue weighted by atomic mass is 32.1. The summed E-state index contributed by atoms with van der Waals surface area (Å²) in [6, 6.07) is 7.53. The van der Waals surface area contributed by atoms with Crippen LogP contribution in [0.5, 0.6) is 5.75 Å². The lowest BCUT2D eigenvalue weighted by Gasteiger charge is -2.11. The van der Waals surface area contributed by atoms with Crippen LogP contribution in [0.15, 0.2) is 30.6 Å². The molecule has 2 N–H and O–H groups in total. The summed E-state index contributed by atoms with van der Waals surface area (Å²) in [6.07, 6.45) is 1.47. The summed E-state index contributed by atoms with van der Waals surface area (Å²) in [7, 11) is 1.61. The molecule has 1 heterocycles. The summed E-state index contributed by atoms with van der Waals surface area (Å²) in [5.41, 5.74) is 0.803. The third kappa shape index (κ3) is 3.11. The second-order valence-electron chi connectivity index (χ2n) is 3.03. The zero-order valence-corrected chi connectivity index (χ0v) is 10.6. The zero-order chi connectivity index (χ0) is 12.1. The smallest absolute Gasteiger partial charge is 0.208 e. The minimum atomic E-state index is 0.450. The van der Waals surface area contributed by atoms with E-state index in [1.807, 2.05) is 24.3 Å². The first-order valence-electron chi connectivity index (χ1n) is 4.77. The quantitative estimate of drug-likeness (QED) is 0.832. The van der Waals surface area contributed by atoms with Crippen molar-refractivity contribution in [1.82, 2.24) is 9.36 Å². The van der Waals surface area contributed by atoms with Gasteiger partial charge in [-0.25, -0.2) is 4.98 Å². The van der Waals surface area contributed by atoms with Crippen molar-refractivity contribution in [3.8, 4) is 5.75 Å². The number of anilines is 2. The Morgan fingerprint density at radius 2 is 2.18 bits per heavy atom. The highest BCUT2D eigenvalue weighted by Gasteiger charge is 2.04. The summed E-state index contributed by atoms with van der Waals surface area (Å²) >= 11 is 6.39. The van der Waals surface area contributed by atoms with E-state index in [-0.39, 0.29) is 0 Å². The average Bonchev–Trinajstić information content (AvgIpc) is 2.82. The number of ether oxygens (including phenoxy) is 1. The second kappa shape index (κ2) is 5.55. The van der Waals surface area contributed by atoms with Gasteiger partial charge in [0.25, 0.3) is 0 Å². The molecule has 2 aromatic rings. The van der Waals surface area contributed by atoms with Gasteiger partial charge in [-0.05, 0) is 24.4 Å². The fourth-order valence-electron chi connectivity index (χ4n) is 1.23. The Bertz CT molecular complexity index is 501. The molecule has 1 aromatic heterocycles. The molecule has 0 fully saturated rings. The highest BCUT2D eigenvalue weighted by Crippen LogP contribution is 2.23. The molecule has 0 aliphatic carbocycles. The molecule has 0 aliphatic rings. The van der Waals surface area contributed by atoms with Crippen LogP contribution in [-0.2, 0) is 0 Å². The Morgan fingerprint density at radius 1 is 1.35 bits per heavy atom. The molecule has 0 unspecified atom stereocenters. The van der Waals surface area contributed by atoms with Gasteiger partial charge >= 0.3 is 0 Å². The van der Waals surface area contributed by atoms with Crippen LogP contribution in [0.1, 0.15) is 0 Å². The van der Waals surface area contributed by atoms with Gasteiger partial charge in [0.05, 0.1) is 12.8 Å². The van der Waals surface area contributed by atoms with Crippen LogP contribution in [0.4, 0.5) is 10.8 Å². The van der Waals surface area contributed by atoms with Crippen molar-refractivity contribution >= 4 is 39.7 Å². The first-order chi connectivity index (χ1) is 8.29. The number of para-hydroxylation sites is 2. The summed E-state index contributed by atoms with van der Waals surface area (Å²) in [5, 5.41) is 7.07. The van der Waals surface area contributed by atoms with Crippen molar-refractivity contribution in [2.45, 2.75) is 0 Å². The monoisotopic (exact) mass is 266 g/mol. The molecular weight excluding hydrogens is 256 g/mol. The molecule has 0 bridgehead atoms. The molecule has 1 aromatic carbocycles. The van der Waals surface area contributed by atoms with Gasteiger partial charge < -0.3 is 15.4 Å². The van der Waals surface area contributed by atoms with Crippen LogP contribution >= 0.6 is 23.8 Å². The fraction of sp³-hybridized carbons (Fsp3) is 0.100. The van der Waals surface area contributed by atoms with Gasteiger partial charge in [-0.3, -0.25) is 0 Å². The standard InChI is InChI=1S/C10H10N4OS2/c1-15-8-5-3-2-4-7(8)13-9(16)14-10-11-6-12-17-10/h2-6H,1H3,(H2,11,12,13,14,16). The Hall–Kier alpha value is -1.73. The number of methoxy groups -OCH3 is 1. The van der Waals surface area contributed by atoms with Crippen LogP contribution in [0.25, 0.3) is 0 Å². The predicted molar refractivity (Wildman–Crippen MR) is 72.7 cm³/mol. The third-order valence-electron chi connectivity index (χ3n) is 1.94. The first-order valence-corrected chi connectivity index (χ1v) is 5.95. The van der Waals surface area contributed by atoms with Gasteiger partial charge in [-0.1, -0.05) is 12.1 Å². The minimum Gasteiger partial charge on any atom is -0.495 e. The van der Waals surface area contributed by atoms with Gasteiger partial charge in [0.1, 0.15) is 12.1 Å². The normalized spacial score (nSPS) is 9.71. The van der Waals surface area contributed by atoms with Crippen molar-refractivity contribution < 1.29 is 4.74 Å². The van der Waals surface area contributed by atoms with E-state index in [1.54, 1.807) is 7.11 Å². The number of hydrogen-bond acceptors (Lipinski definition) is 5. The van der Waals surface area contributed by atoms with Crippen molar-refractivity contribution in [1.29, 1.82) is 0 Å². The van der Waals surface area contributed by atoms with Crippen LogP contribution in [0.3, 0.4) is 0 Å². The van der Waals surface area contributed by atoms with Crippen LogP contribution < -0.4 is 15.4 Å². The number of thiocarbonyl (C=S) groups is 1. The summed E-state index contributed by atoms with van der Waals surface area (Å²) < 4.78 is 9.08. The van der Waals surface area contributed by atoms with E-state index in [4.69, 9.17) is 17.0 Å². The Labute approximate surface area is 108 Å². The number of nitrogens with zero attached hydrogens (tertiary/aromatic N) is 2. The van der Waals surface area contributed by atoms with E-state index in [0.29, 0.717) is 10.2 Å². The lowest BCUT2D eigenvalue weighted by molar-refractivity contribution is 0.417. The largest absolute Gasteiger partial charge is 0.495 e. The second-order valence-corrected chi connectivity index (χ2v) is 4.21. The molecule has 0 saturated carbocycles. The van der Waals surface area contributed by atoms with E-state index >= 15 is 0 Å². The number of aromatic nitrogens is 2. The lowest BCUT2D eigenvalue weighted by Crippen LogP contribution is -2.19. The van der Waals surface area contributed by atoms with E-state index in [0.717, 1.165) is 11.4 Å².